The summed E-state index contributed by atoms with van der Waals surface area (Å²) in [5, 5.41) is 3.03. The number of nitrogens with zero attached hydrogens (tertiary/aromatic N) is 2. The Morgan fingerprint density at radius 3 is 2.79 bits per heavy atom. The lowest BCUT2D eigenvalue weighted by atomic mass is 10.1. The van der Waals surface area contributed by atoms with Crippen molar-refractivity contribution in [3.8, 4) is 11.1 Å². The molecule has 3 rings (SSSR count). The van der Waals surface area contributed by atoms with Gasteiger partial charge >= 0.3 is 5.76 Å². The van der Waals surface area contributed by atoms with Crippen LogP contribution in [0, 0.1) is 0 Å². The minimum atomic E-state index is -0.453. The Bertz CT molecular complexity index is 758. The quantitative estimate of drug-likeness (QED) is 0.748. The van der Waals surface area contributed by atoms with Gasteiger partial charge in [-0.2, -0.15) is 0 Å². The normalized spacial score (nSPS) is 10.8. The SMILES string of the molecule is CCNc1ncc(-c2ccc3oc(=O)[nH]c3c2)cn1. The summed E-state index contributed by atoms with van der Waals surface area (Å²) in [7, 11) is 0. The second kappa shape index (κ2) is 4.56. The highest BCUT2D eigenvalue weighted by atomic mass is 16.4. The molecule has 0 saturated heterocycles. The van der Waals surface area contributed by atoms with Gasteiger partial charge in [0, 0.05) is 24.5 Å². The Hall–Kier alpha value is -2.63. The van der Waals surface area contributed by atoms with E-state index in [2.05, 4.69) is 20.3 Å². The Morgan fingerprint density at radius 1 is 1.26 bits per heavy atom. The molecule has 0 aliphatic carbocycles. The monoisotopic (exact) mass is 256 g/mol. The molecule has 0 spiro atoms. The molecular formula is C13H12N4O2. The smallest absolute Gasteiger partial charge is 0.408 e. The molecule has 19 heavy (non-hydrogen) atoms. The summed E-state index contributed by atoms with van der Waals surface area (Å²) in [6, 6.07) is 5.46. The molecule has 0 unspecified atom stereocenters. The lowest BCUT2D eigenvalue weighted by Gasteiger charge is -2.03. The van der Waals surface area contributed by atoms with Crippen LogP contribution in [0.25, 0.3) is 22.2 Å². The minimum absolute atomic E-state index is 0.453. The largest absolute Gasteiger partial charge is 0.417 e. The van der Waals surface area contributed by atoms with Crippen LogP contribution in [0.5, 0.6) is 0 Å². The molecule has 0 aliphatic rings. The molecule has 0 bridgehead atoms. The van der Waals surface area contributed by atoms with E-state index >= 15 is 0 Å². The number of anilines is 1. The van der Waals surface area contributed by atoms with Crippen LogP contribution in [0.3, 0.4) is 0 Å². The average molecular weight is 256 g/mol. The fraction of sp³-hybridized carbons (Fsp3) is 0.154. The maximum absolute atomic E-state index is 11.1. The van der Waals surface area contributed by atoms with Crippen molar-refractivity contribution >= 4 is 17.0 Å². The third-order valence-corrected chi connectivity index (χ3v) is 2.74. The second-order valence-electron chi connectivity index (χ2n) is 4.05. The van der Waals surface area contributed by atoms with Gasteiger partial charge in [0.15, 0.2) is 5.58 Å². The molecule has 0 amide bonds. The van der Waals surface area contributed by atoms with Crippen molar-refractivity contribution in [3.63, 3.8) is 0 Å². The van der Waals surface area contributed by atoms with E-state index in [1.54, 1.807) is 18.5 Å². The topological polar surface area (TPSA) is 83.8 Å². The number of aromatic nitrogens is 3. The molecule has 0 aliphatic heterocycles. The van der Waals surface area contributed by atoms with E-state index in [0.717, 1.165) is 17.7 Å². The highest BCUT2D eigenvalue weighted by molar-refractivity contribution is 5.79. The van der Waals surface area contributed by atoms with Gasteiger partial charge in [0.2, 0.25) is 5.95 Å². The molecule has 96 valence electrons. The Kier molecular flexibility index (Phi) is 2.75. The molecule has 0 atom stereocenters. The van der Waals surface area contributed by atoms with E-state index in [0.29, 0.717) is 17.0 Å². The van der Waals surface area contributed by atoms with Gasteiger partial charge in [0.25, 0.3) is 0 Å². The molecule has 2 heterocycles. The summed E-state index contributed by atoms with van der Waals surface area (Å²) in [5.74, 6) is 0.148. The third kappa shape index (κ3) is 2.20. The van der Waals surface area contributed by atoms with E-state index in [4.69, 9.17) is 4.42 Å². The van der Waals surface area contributed by atoms with E-state index in [-0.39, 0.29) is 0 Å². The van der Waals surface area contributed by atoms with Gasteiger partial charge in [-0.25, -0.2) is 14.8 Å². The lowest BCUT2D eigenvalue weighted by Crippen LogP contribution is -2.01. The van der Waals surface area contributed by atoms with Crippen LogP contribution < -0.4 is 11.1 Å². The maximum atomic E-state index is 11.1. The number of benzene rings is 1. The number of fused-ring (bicyclic) bond motifs is 1. The second-order valence-corrected chi connectivity index (χ2v) is 4.05. The first-order valence-electron chi connectivity index (χ1n) is 5.95. The number of nitrogens with one attached hydrogen (secondary N) is 2. The first kappa shape index (κ1) is 11.5. The van der Waals surface area contributed by atoms with Gasteiger partial charge in [0.05, 0.1) is 5.52 Å². The van der Waals surface area contributed by atoms with Crippen molar-refractivity contribution < 1.29 is 4.42 Å². The fourth-order valence-corrected chi connectivity index (χ4v) is 1.86. The Morgan fingerprint density at radius 2 is 2.05 bits per heavy atom. The molecular weight excluding hydrogens is 244 g/mol. The predicted molar refractivity (Wildman–Crippen MR) is 72.0 cm³/mol. The number of aromatic amines is 1. The number of hydrogen-bond donors (Lipinski definition) is 2. The van der Waals surface area contributed by atoms with Gasteiger partial charge < -0.3 is 9.73 Å². The van der Waals surface area contributed by atoms with E-state index < -0.39 is 5.76 Å². The van der Waals surface area contributed by atoms with E-state index in [1.165, 1.54) is 0 Å². The van der Waals surface area contributed by atoms with Crippen molar-refractivity contribution in [1.29, 1.82) is 0 Å². The van der Waals surface area contributed by atoms with Gasteiger partial charge in [-0.3, -0.25) is 4.98 Å². The molecule has 2 aromatic heterocycles. The van der Waals surface area contributed by atoms with Gasteiger partial charge in [-0.1, -0.05) is 6.07 Å². The van der Waals surface area contributed by atoms with Crippen LogP contribution in [-0.2, 0) is 0 Å². The van der Waals surface area contributed by atoms with Crippen LogP contribution in [-0.4, -0.2) is 21.5 Å². The summed E-state index contributed by atoms with van der Waals surface area (Å²) in [6.45, 7) is 2.77. The standard InChI is InChI=1S/C13H12N4O2/c1-2-14-12-15-6-9(7-16-12)8-3-4-11-10(5-8)17-13(18)19-11/h3-7H,2H2,1H3,(H,17,18)(H,14,15,16). The number of H-pyrrole nitrogens is 1. The van der Waals surface area contributed by atoms with Gasteiger partial charge in [0.1, 0.15) is 0 Å². The van der Waals surface area contributed by atoms with Crippen LogP contribution in [0.4, 0.5) is 5.95 Å². The maximum Gasteiger partial charge on any atom is 0.417 e. The minimum Gasteiger partial charge on any atom is -0.408 e. The number of hydrogen-bond acceptors (Lipinski definition) is 5. The molecule has 0 radical (unpaired) electrons. The molecule has 0 fully saturated rings. The molecule has 0 saturated carbocycles. The zero-order valence-corrected chi connectivity index (χ0v) is 10.3. The van der Waals surface area contributed by atoms with Crippen LogP contribution in [0.15, 0.2) is 39.8 Å². The predicted octanol–water partition coefficient (Wildman–Crippen LogP) is 2.01. The molecule has 1 aromatic carbocycles. The van der Waals surface area contributed by atoms with E-state index in [9.17, 15) is 4.79 Å². The Labute approximate surface area is 108 Å². The first-order valence-corrected chi connectivity index (χ1v) is 5.95. The first-order chi connectivity index (χ1) is 9.26. The highest BCUT2D eigenvalue weighted by Gasteiger charge is 2.05. The number of rotatable bonds is 3. The summed E-state index contributed by atoms with van der Waals surface area (Å²) >= 11 is 0. The van der Waals surface area contributed by atoms with Crippen LogP contribution in [0.1, 0.15) is 6.92 Å². The highest BCUT2D eigenvalue weighted by Crippen LogP contribution is 2.22. The summed E-state index contributed by atoms with van der Waals surface area (Å²) in [5.41, 5.74) is 3.01. The summed E-state index contributed by atoms with van der Waals surface area (Å²) < 4.78 is 4.96. The van der Waals surface area contributed by atoms with E-state index in [1.807, 2.05) is 19.1 Å². The average Bonchev–Trinajstić information content (AvgIpc) is 2.79. The van der Waals surface area contributed by atoms with Gasteiger partial charge in [-0.15, -0.1) is 0 Å². The van der Waals surface area contributed by atoms with Crippen LogP contribution >= 0.6 is 0 Å². The van der Waals surface area contributed by atoms with Crippen molar-refractivity contribution in [2.45, 2.75) is 6.92 Å². The van der Waals surface area contributed by atoms with Crippen molar-refractivity contribution in [3.05, 3.63) is 41.1 Å². The fourth-order valence-electron chi connectivity index (χ4n) is 1.86. The lowest BCUT2D eigenvalue weighted by molar-refractivity contribution is 0.555. The van der Waals surface area contributed by atoms with Gasteiger partial charge in [-0.05, 0) is 24.6 Å². The molecule has 6 heteroatoms. The zero-order valence-electron chi connectivity index (χ0n) is 10.3. The molecule has 2 N–H and O–H groups in total. The Balaban J connectivity index is 2.00. The third-order valence-electron chi connectivity index (χ3n) is 2.74. The van der Waals surface area contributed by atoms with Crippen molar-refractivity contribution in [2.75, 3.05) is 11.9 Å². The number of oxazole rings is 1. The molecule has 3 aromatic rings. The van der Waals surface area contributed by atoms with Crippen molar-refractivity contribution in [1.82, 2.24) is 15.0 Å². The zero-order chi connectivity index (χ0) is 13.2. The molecule has 6 nitrogen and oxygen atoms in total. The van der Waals surface area contributed by atoms with Crippen molar-refractivity contribution in [2.24, 2.45) is 0 Å². The summed E-state index contributed by atoms with van der Waals surface area (Å²) in [6.07, 6.45) is 3.48. The summed E-state index contributed by atoms with van der Waals surface area (Å²) in [4.78, 5) is 22.1. The van der Waals surface area contributed by atoms with Crippen LogP contribution in [0.2, 0.25) is 0 Å².